The van der Waals surface area contributed by atoms with E-state index in [0.29, 0.717) is 5.69 Å². The van der Waals surface area contributed by atoms with Crippen molar-refractivity contribution in [2.45, 2.75) is 30.6 Å². The van der Waals surface area contributed by atoms with Crippen LogP contribution in [-0.4, -0.2) is 57.7 Å². The van der Waals surface area contributed by atoms with Crippen molar-refractivity contribution in [1.82, 2.24) is 0 Å². The average molecular weight is 334 g/mol. The van der Waals surface area contributed by atoms with Crippen LogP contribution in [0.4, 0.5) is 5.69 Å². The van der Waals surface area contributed by atoms with E-state index in [1.807, 2.05) is 12.1 Å². The van der Waals surface area contributed by atoms with Crippen LogP contribution in [0.1, 0.15) is 0 Å². The largest absolute Gasteiger partial charge is 0.394 e. The van der Waals surface area contributed by atoms with Crippen molar-refractivity contribution in [3.05, 3.63) is 28.7 Å². The highest BCUT2D eigenvalue weighted by Crippen LogP contribution is 2.23. The molecule has 0 radical (unpaired) electrons. The maximum atomic E-state index is 9.85. The molecule has 0 aliphatic carbocycles. The quantitative estimate of drug-likeness (QED) is 0.518. The van der Waals surface area contributed by atoms with Gasteiger partial charge in [0.1, 0.15) is 24.4 Å². The summed E-state index contributed by atoms with van der Waals surface area (Å²) in [5, 5.41) is 41.1. The van der Waals surface area contributed by atoms with Crippen molar-refractivity contribution in [1.29, 1.82) is 0 Å². The molecule has 7 heteroatoms. The summed E-state index contributed by atoms with van der Waals surface area (Å²) < 4.78 is 6.24. The first kappa shape index (κ1) is 14.7. The molecule has 1 heterocycles. The summed E-state index contributed by atoms with van der Waals surface area (Å²) in [6.45, 7) is -0.441. The van der Waals surface area contributed by atoms with E-state index in [9.17, 15) is 15.3 Å². The molecule has 1 saturated heterocycles. The standard InChI is InChI=1S/C12H16BrNO5/c13-6-1-3-7(4-2-6)14-12-11(18)10(17)9(16)8(5-15)19-12/h1-4,8-12,14-18H,5H2/t8-,9-,10+,11-,12?/m1/s1. The first-order valence-corrected chi connectivity index (χ1v) is 6.65. The smallest absolute Gasteiger partial charge is 0.157 e. The van der Waals surface area contributed by atoms with E-state index in [2.05, 4.69) is 21.2 Å². The lowest BCUT2D eigenvalue weighted by atomic mass is 9.98. The van der Waals surface area contributed by atoms with Gasteiger partial charge in [0.05, 0.1) is 6.61 Å². The second-order valence-electron chi connectivity index (χ2n) is 4.40. The molecule has 0 saturated carbocycles. The number of benzene rings is 1. The van der Waals surface area contributed by atoms with Crippen molar-refractivity contribution in [2.75, 3.05) is 11.9 Å². The summed E-state index contributed by atoms with van der Waals surface area (Å²) in [5.41, 5.74) is 0.688. The van der Waals surface area contributed by atoms with E-state index in [1.165, 1.54) is 0 Å². The van der Waals surface area contributed by atoms with Crippen molar-refractivity contribution >= 4 is 21.6 Å². The van der Waals surface area contributed by atoms with Gasteiger partial charge in [0.15, 0.2) is 6.23 Å². The fourth-order valence-electron chi connectivity index (χ4n) is 1.93. The van der Waals surface area contributed by atoms with Crippen molar-refractivity contribution in [3.63, 3.8) is 0 Å². The number of hydrogen-bond donors (Lipinski definition) is 5. The molecular weight excluding hydrogens is 318 g/mol. The molecule has 6 nitrogen and oxygen atoms in total. The van der Waals surface area contributed by atoms with E-state index < -0.39 is 37.3 Å². The Labute approximate surface area is 118 Å². The van der Waals surface area contributed by atoms with Gasteiger partial charge >= 0.3 is 0 Å². The first-order chi connectivity index (χ1) is 9.02. The predicted molar refractivity (Wildman–Crippen MR) is 71.5 cm³/mol. The molecule has 1 aromatic carbocycles. The van der Waals surface area contributed by atoms with E-state index in [4.69, 9.17) is 9.84 Å². The Balaban J connectivity index is 2.08. The zero-order valence-electron chi connectivity index (χ0n) is 9.98. The van der Waals surface area contributed by atoms with Crippen LogP contribution in [0.25, 0.3) is 0 Å². The summed E-state index contributed by atoms with van der Waals surface area (Å²) in [5.74, 6) is 0. The highest BCUT2D eigenvalue weighted by molar-refractivity contribution is 9.10. The van der Waals surface area contributed by atoms with Gasteiger partial charge in [-0.15, -0.1) is 0 Å². The Morgan fingerprint density at radius 3 is 2.26 bits per heavy atom. The number of halogens is 1. The summed E-state index contributed by atoms with van der Waals surface area (Å²) in [4.78, 5) is 0. The maximum absolute atomic E-state index is 9.85. The van der Waals surface area contributed by atoms with Gasteiger partial charge in [-0.3, -0.25) is 0 Å². The fourth-order valence-corrected chi connectivity index (χ4v) is 2.20. The number of aliphatic hydroxyl groups excluding tert-OH is 4. The number of hydrogen-bond acceptors (Lipinski definition) is 6. The minimum absolute atomic E-state index is 0.441. The first-order valence-electron chi connectivity index (χ1n) is 5.85. The minimum Gasteiger partial charge on any atom is -0.394 e. The molecule has 1 aliphatic rings. The van der Waals surface area contributed by atoms with Crippen LogP contribution in [-0.2, 0) is 4.74 Å². The van der Waals surface area contributed by atoms with E-state index in [1.54, 1.807) is 12.1 Å². The van der Waals surface area contributed by atoms with Crippen molar-refractivity contribution < 1.29 is 25.2 Å². The molecule has 19 heavy (non-hydrogen) atoms. The molecule has 2 rings (SSSR count). The van der Waals surface area contributed by atoms with E-state index in [-0.39, 0.29) is 0 Å². The highest BCUT2D eigenvalue weighted by Gasteiger charge is 2.43. The number of rotatable bonds is 3. The molecule has 1 fully saturated rings. The van der Waals surface area contributed by atoms with Gasteiger partial charge in [0.2, 0.25) is 0 Å². The van der Waals surface area contributed by atoms with E-state index in [0.717, 1.165) is 4.47 Å². The summed E-state index contributed by atoms with van der Waals surface area (Å²) in [6.07, 6.45) is -5.83. The molecule has 0 spiro atoms. The number of aliphatic hydroxyl groups is 4. The number of nitrogens with one attached hydrogen (secondary N) is 1. The lowest BCUT2D eigenvalue weighted by Gasteiger charge is -2.40. The molecule has 106 valence electrons. The van der Waals surface area contributed by atoms with Gasteiger partial charge in [-0.25, -0.2) is 0 Å². The Kier molecular flexibility index (Phi) is 4.77. The topological polar surface area (TPSA) is 102 Å². The Morgan fingerprint density at radius 2 is 1.68 bits per heavy atom. The van der Waals surface area contributed by atoms with Gasteiger partial charge < -0.3 is 30.5 Å². The lowest BCUT2D eigenvalue weighted by Crippen LogP contribution is -2.60. The third-order valence-corrected chi connectivity index (χ3v) is 3.57. The second-order valence-corrected chi connectivity index (χ2v) is 5.32. The predicted octanol–water partition coefficient (Wildman–Crippen LogP) is -0.339. The zero-order valence-corrected chi connectivity index (χ0v) is 11.6. The van der Waals surface area contributed by atoms with Crippen LogP contribution in [0.5, 0.6) is 0 Å². The minimum atomic E-state index is -1.38. The van der Waals surface area contributed by atoms with Gasteiger partial charge in [0, 0.05) is 10.2 Å². The third-order valence-electron chi connectivity index (χ3n) is 3.05. The van der Waals surface area contributed by atoms with Crippen LogP contribution in [0.3, 0.4) is 0 Å². The molecule has 1 aliphatic heterocycles. The van der Waals surface area contributed by atoms with Crippen molar-refractivity contribution in [3.8, 4) is 0 Å². The van der Waals surface area contributed by atoms with Crippen molar-refractivity contribution in [2.24, 2.45) is 0 Å². The molecule has 0 aromatic heterocycles. The average Bonchev–Trinajstić information content (AvgIpc) is 2.42. The number of anilines is 1. The van der Waals surface area contributed by atoms with Crippen LogP contribution in [0.2, 0.25) is 0 Å². The van der Waals surface area contributed by atoms with Gasteiger partial charge in [0.25, 0.3) is 0 Å². The normalized spacial score (nSPS) is 35.1. The van der Waals surface area contributed by atoms with Gasteiger partial charge in [-0.1, -0.05) is 15.9 Å². The summed E-state index contributed by atoms with van der Waals surface area (Å²) >= 11 is 3.31. The molecular formula is C12H16BrNO5. The lowest BCUT2D eigenvalue weighted by molar-refractivity contribution is -0.221. The van der Waals surface area contributed by atoms with Crippen LogP contribution in [0, 0.1) is 0 Å². The monoisotopic (exact) mass is 333 g/mol. The Morgan fingerprint density at radius 1 is 1.05 bits per heavy atom. The Hall–Kier alpha value is -0.700. The molecule has 1 unspecified atom stereocenters. The molecule has 1 aromatic rings. The summed E-state index contributed by atoms with van der Waals surface area (Å²) in [7, 11) is 0. The molecule has 0 amide bonds. The molecule has 0 bridgehead atoms. The SMILES string of the molecule is OC[C@H]1OC(Nc2ccc(Br)cc2)[C@H](O)[C@@H](O)[C@@H]1O. The maximum Gasteiger partial charge on any atom is 0.157 e. The fraction of sp³-hybridized carbons (Fsp3) is 0.500. The van der Waals surface area contributed by atoms with Gasteiger partial charge in [-0.2, -0.15) is 0 Å². The van der Waals surface area contributed by atoms with Crippen LogP contribution < -0.4 is 5.32 Å². The molecule has 5 atom stereocenters. The summed E-state index contributed by atoms with van der Waals surface area (Å²) in [6, 6.07) is 7.16. The zero-order chi connectivity index (χ0) is 14.0. The Bertz CT molecular complexity index is 413. The van der Waals surface area contributed by atoms with Crippen LogP contribution >= 0.6 is 15.9 Å². The number of ether oxygens (including phenoxy) is 1. The second kappa shape index (κ2) is 6.17. The van der Waals surface area contributed by atoms with E-state index >= 15 is 0 Å². The molecule has 5 N–H and O–H groups in total. The van der Waals surface area contributed by atoms with Crippen LogP contribution in [0.15, 0.2) is 28.7 Å². The third kappa shape index (κ3) is 3.25. The van der Waals surface area contributed by atoms with Gasteiger partial charge in [-0.05, 0) is 24.3 Å². The highest BCUT2D eigenvalue weighted by atomic mass is 79.9.